The van der Waals surface area contributed by atoms with Gasteiger partial charge >= 0.3 is 0 Å². The van der Waals surface area contributed by atoms with Gasteiger partial charge in [-0.3, -0.25) is 0 Å². The highest BCUT2D eigenvalue weighted by Crippen LogP contribution is 2.17. The zero-order valence-corrected chi connectivity index (χ0v) is 11.9. The van der Waals surface area contributed by atoms with Crippen LogP contribution in [0.25, 0.3) is 0 Å². The smallest absolute Gasteiger partial charge is 0.0364 e. The van der Waals surface area contributed by atoms with Gasteiger partial charge in [0.05, 0.1) is 0 Å². The van der Waals surface area contributed by atoms with E-state index in [1.165, 1.54) is 24.1 Å². The number of rotatable bonds is 6. The lowest BCUT2D eigenvalue weighted by atomic mass is 10.0. The van der Waals surface area contributed by atoms with Gasteiger partial charge in [-0.2, -0.15) is 0 Å². The van der Waals surface area contributed by atoms with Gasteiger partial charge in [-0.25, -0.2) is 0 Å². The van der Waals surface area contributed by atoms with Gasteiger partial charge in [0, 0.05) is 24.8 Å². The summed E-state index contributed by atoms with van der Waals surface area (Å²) in [6.07, 6.45) is 2.38. The summed E-state index contributed by atoms with van der Waals surface area (Å²) in [4.78, 5) is 2.30. The van der Waals surface area contributed by atoms with Crippen molar-refractivity contribution in [3.8, 4) is 0 Å². The van der Waals surface area contributed by atoms with E-state index >= 15 is 0 Å². The van der Waals surface area contributed by atoms with Crippen LogP contribution in [-0.4, -0.2) is 26.2 Å². The fraction of sp³-hybridized carbons (Fsp3) is 0.600. The minimum absolute atomic E-state index is 0.136. The molecule has 1 rings (SSSR count). The highest BCUT2D eigenvalue weighted by molar-refractivity contribution is 5.47. The third-order valence-corrected chi connectivity index (χ3v) is 3.23. The Labute approximate surface area is 106 Å². The van der Waals surface area contributed by atoms with Crippen molar-refractivity contribution in [1.29, 1.82) is 0 Å². The molecule has 0 unspecified atom stereocenters. The van der Waals surface area contributed by atoms with Gasteiger partial charge in [0.2, 0.25) is 0 Å². The van der Waals surface area contributed by atoms with Crippen molar-refractivity contribution in [2.45, 2.75) is 39.2 Å². The van der Waals surface area contributed by atoms with Crippen LogP contribution in [0.5, 0.6) is 0 Å². The summed E-state index contributed by atoms with van der Waals surface area (Å²) in [7, 11) is 4.16. The number of nitrogens with one attached hydrogen (secondary N) is 1. The number of benzene rings is 1. The number of nitrogens with zero attached hydrogens (tertiary/aromatic N) is 1. The standard InChI is InChI=1S/C15H26N2/c1-6-7-13-8-10-14(11-9-13)17(5)12-15(2,3)16-4/h8-11,16H,6-7,12H2,1-5H3. The molecule has 0 radical (unpaired) electrons. The van der Waals surface area contributed by atoms with Crippen LogP contribution in [0.2, 0.25) is 0 Å². The van der Waals surface area contributed by atoms with Crippen molar-refractivity contribution >= 4 is 5.69 Å². The van der Waals surface area contributed by atoms with Crippen molar-refractivity contribution in [3.05, 3.63) is 29.8 Å². The molecule has 0 spiro atoms. The summed E-state index contributed by atoms with van der Waals surface area (Å²) in [6.45, 7) is 7.65. The molecule has 0 atom stereocenters. The van der Waals surface area contributed by atoms with Gasteiger partial charge in [0.1, 0.15) is 0 Å². The first kappa shape index (κ1) is 14.0. The summed E-state index contributed by atoms with van der Waals surface area (Å²) in [6, 6.07) is 8.91. The lowest BCUT2D eigenvalue weighted by Crippen LogP contribution is -2.46. The predicted molar refractivity (Wildman–Crippen MR) is 76.8 cm³/mol. The van der Waals surface area contributed by atoms with Crippen molar-refractivity contribution in [2.75, 3.05) is 25.5 Å². The molecule has 0 aliphatic rings. The third-order valence-electron chi connectivity index (χ3n) is 3.23. The number of anilines is 1. The average Bonchev–Trinajstić information content (AvgIpc) is 2.30. The van der Waals surface area contributed by atoms with E-state index in [-0.39, 0.29) is 5.54 Å². The number of likely N-dealkylation sites (N-methyl/N-ethyl adjacent to an activating group) is 2. The van der Waals surface area contributed by atoms with Crippen molar-refractivity contribution < 1.29 is 0 Å². The average molecular weight is 234 g/mol. The first-order valence-corrected chi connectivity index (χ1v) is 6.47. The summed E-state index contributed by atoms with van der Waals surface area (Å²) in [5.41, 5.74) is 2.85. The Morgan fingerprint density at radius 1 is 1.18 bits per heavy atom. The molecule has 2 nitrogen and oxygen atoms in total. The minimum atomic E-state index is 0.136. The van der Waals surface area contributed by atoms with E-state index in [1.807, 2.05) is 7.05 Å². The molecule has 96 valence electrons. The number of hydrogen-bond donors (Lipinski definition) is 1. The number of aryl methyl sites for hydroxylation is 1. The summed E-state index contributed by atoms with van der Waals surface area (Å²) in [5, 5.41) is 3.33. The summed E-state index contributed by atoms with van der Waals surface area (Å²) >= 11 is 0. The molecule has 2 heteroatoms. The molecule has 0 aromatic heterocycles. The SMILES string of the molecule is CCCc1ccc(N(C)CC(C)(C)NC)cc1. The third kappa shape index (κ3) is 4.39. The lowest BCUT2D eigenvalue weighted by Gasteiger charge is -2.31. The zero-order chi connectivity index (χ0) is 12.9. The van der Waals surface area contributed by atoms with Crippen LogP contribution in [-0.2, 0) is 6.42 Å². The van der Waals surface area contributed by atoms with Crippen LogP contribution in [0.1, 0.15) is 32.8 Å². The van der Waals surface area contributed by atoms with Gasteiger partial charge in [0.15, 0.2) is 0 Å². The maximum Gasteiger partial charge on any atom is 0.0364 e. The van der Waals surface area contributed by atoms with Gasteiger partial charge in [-0.05, 0) is 45.0 Å². The Morgan fingerprint density at radius 2 is 1.76 bits per heavy atom. The summed E-state index contributed by atoms with van der Waals surface area (Å²) < 4.78 is 0. The van der Waals surface area contributed by atoms with Gasteiger partial charge in [0.25, 0.3) is 0 Å². The quantitative estimate of drug-likeness (QED) is 0.814. The number of hydrogen-bond acceptors (Lipinski definition) is 2. The molecular formula is C15H26N2. The zero-order valence-electron chi connectivity index (χ0n) is 11.9. The molecule has 0 saturated heterocycles. The highest BCUT2D eigenvalue weighted by atomic mass is 15.1. The minimum Gasteiger partial charge on any atom is -0.373 e. The molecule has 1 aromatic rings. The molecule has 0 aliphatic carbocycles. The predicted octanol–water partition coefficient (Wildman–Crippen LogP) is 3.07. The fourth-order valence-corrected chi connectivity index (χ4v) is 1.97. The van der Waals surface area contributed by atoms with E-state index in [9.17, 15) is 0 Å². The fourth-order valence-electron chi connectivity index (χ4n) is 1.97. The van der Waals surface area contributed by atoms with Crippen LogP contribution in [0.4, 0.5) is 5.69 Å². The Morgan fingerprint density at radius 3 is 2.24 bits per heavy atom. The van der Waals surface area contributed by atoms with E-state index < -0.39 is 0 Å². The van der Waals surface area contributed by atoms with E-state index in [1.54, 1.807) is 0 Å². The largest absolute Gasteiger partial charge is 0.373 e. The first-order chi connectivity index (χ1) is 7.98. The van der Waals surface area contributed by atoms with Crippen LogP contribution >= 0.6 is 0 Å². The molecule has 1 N–H and O–H groups in total. The van der Waals surface area contributed by atoms with Crippen molar-refractivity contribution in [3.63, 3.8) is 0 Å². The van der Waals surface area contributed by atoms with Gasteiger partial charge in [-0.1, -0.05) is 25.5 Å². The molecule has 0 fully saturated rings. The van der Waals surface area contributed by atoms with Crippen LogP contribution in [0.3, 0.4) is 0 Å². The molecule has 0 amide bonds. The second-order valence-corrected chi connectivity index (χ2v) is 5.41. The molecule has 1 aromatic carbocycles. The van der Waals surface area contributed by atoms with Crippen LogP contribution < -0.4 is 10.2 Å². The van der Waals surface area contributed by atoms with Gasteiger partial charge < -0.3 is 10.2 Å². The first-order valence-electron chi connectivity index (χ1n) is 6.47. The van der Waals surface area contributed by atoms with E-state index in [4.69, 9.17) is 0 Å². The monoisotopic (exact) mass is 234 g/mol. The molecule has 17 heavy (non-hydrogen) atoms. The maximum atomic E-state index is 3.33. The second-order valence-electron chi connectivity index (χ2n) is 5.41. The normalized spacial score (nSPS) is 11.6. The van der Waals surface area contributed by atoms with Crippen molar-refractivity contribution in [1.82, 2.24) is 5.32 Å². The molecular weight excluding hydrogens is 208 g/mol. The Kier molecular flexibility index (Phi) is 5.01. The maximum absolute atomic E-state index is 3.33. The second kappa shape index (κ2) is 6.06. The van der Waals surface area contributed by atoms with Crippen LogP contribution in [0, 0.1) is 0 Å². The topological polar surface area (TPSA) is 15.3 Å². The highest BCUT2D eigenvalue weighted by Gasteiger charge is 2.17. The van der Waals surface area contributed by atoms with E-state index in [0.29, 0.717) is 0 Å². The van der Waals surface area contributed by atoms with Crippen LogP contribution in [0.15, 0.2) is 24.3 Å². The lowest BCUT2D eigenvalue weighted by molar-refractivity contribution is 0.428. The molecule has 0 heterocycles. The molecule has 0 bridgehead atoms. The molecule has 0 saturated carbocycles. The summed E-state index contributed by atoms with van der Waals surface area (Å²) in [5.74, 6) is 0. The van der Waals surface area contributed by atoms with E-state index in [2.05, 4.69) is 62.3 Å². The van der Waals surface area contributed by atoms with E-state index in [0.717, 1.165) is 6.54 Å². The van der Waals surface area contributed by atoms with Crippen molar-refractivity contribution in [2.24, 2.45) is 0 Å². The molecule has 0 aliphatic heterocycles. The Bertz CT molecular complexity index is 327. The Hall–Kier alpha value is -1.02. The van der Waals surface area contributed by atoms with Gasteiger partial charge in [-0.15, -0.1) is 0 Å². The Balaban J connectivity index is 2.66.